The second-order valence-corrected chi connectivity index (χ2v) is 5.58. The molecule has 1 aromatic carbocycles. The van der Waals surface area contributed by atoms with Crippen molar-refractivity contribution in [1.29, 1.82) is 0 Å². The largest absolute Gasteiger partial charge is 0.371 e. The average molecular weight is 288 g/mol. The second kappa shape index (κ2) is 8.55. The lowest BCUT2D eigenvalue weighted by atomic mass is 10.1. The maximum atomic E-state index is 4.73. The Morgan fingerprint density at radius 1 is 1.24 bits per heavy atom. The molecule has 0 radical (unpaired) electrons. The first kappa shape index (κ1) is 15.7. The number of guanidine groups is 1. The molecule has 1 unspecified atom stereocenters. The van der Waals surface area contributed by atoms with Gasteiger partial charge in [-0.2, -0.15) is 0 Å². The van der Waals surface area contributed by atoms with Crippen LogP contribution in [0.1, 0.15) is 26.7 Å². The Morgan fingerprint density at radius 2 is 2.05 bits per heavy atom. The minimum Gasteiger partial charge on any atom is -0.371 e. The van der Waals surface area contributed by atoms with Crippen molar-refractivity contribution in [2.24, 2.45) is 10.9 Å². The van der Waals surface area contributed by atoms with E-state index >= 15 is 0 Å². The van der Waals surface area contributed by atoms with Crippen LogP contribution in [0.25, 0.3) is 0 Å². The van der Waals surface area contributed by atoms with Crippen molar-refractivity contribution in [2.75, 3.05) is 37.6 Å². The topological polar surface area (TPSA) is 39.7 Å². The summed E-state index contributed by atoms with van der Waals surface area (Å²) in [7, 11) is 0. The van der Waals surface area contributed by atoms with Crippen molar-refractivity contribution < 1.29 is 0 Å². The fraction of sp³-hybridized carbons (Fsp3) is 0.588. The summed E-state index contributed by atoms with van der Waals surface area (Å²) >= 11 is 0. The van der Waals surface area contributed by atoms with Crippen LogP contribution >= 0.6 is 0 Å². The van der Waals surface area contributed by atoms with E-state index in [1.165, 1.54) is 12.1 Å². The summed E-state index contributed by atoms with van der Waals surface area (Å²) in [6, 6.07) is 10.7. The Hall–Kier alpha value is -1.71. The molecule has 1 fully saturated rings. The number of hydrogen-bond acceptors (Lipinski definition) is 2. The Balaban J connectivity index is 1.83. The van der Waals surface area contributed by atoms with Gasteiger partial charge in [-0.1, -0.05) is 25.1 Å². The SMILES string of the molecule is CCCNC(=NCC1CCN(c2ccccc2)C1)NCC. The molecule has 1 aliphatic rings. The monoisotopic (exact) mass is 288 g/mol. The summed E-state index contributed by atoms with van der Waals surface area (Å²) in [5, 5.41) is 6.67. The van der Waals surface area contributed by atoms with Gasteiger partial charge in [0, 0.05) is 38.4 Å². The molecule has 1 aromatic rings. The van der Waals surface area contributed by atoms with Gasteiger partial charge in [-0.05, 0) is 37.8 Å². The summed E-state index contributed by atoms with van der Waals surface area (Å²) < 4.78 is 0. The molecule has 1 heterocycles. The van der Waals surface area contributed by atoms with Gasteiger partial charge in [0.2, 0.25) is 0 Å². The number of aliphatic imine (C=N–C) groups is 1. The fourth-order valence-corrected chi connectivity index (χ4v) is 2.66. The quantitative estimate of drug-likeness (QED) is 0.624. The van der Waals surface area contributed by atoms with Crippen LogP contribution < -0.4 is 15.5 Å². The smallest absolute Gasteiger partial charge is 0.191 e. The van der Waals surface area contributed by atoms with Gasteiger partial charge in [-0.3, -0.25) is 4.99 Å². The van der Waals surface area contributed by atoms with E-state index in [1.807, 2.05) is 0 Å². The zero-order chi connectivity index (χ0) is 14.9. The lowest BCUT2D eigenvalue weighted by Gasteiger charge is -2.18. The number of para-hydroxylation sites is 1. The molecule has 0 aliphatic carbocycles. The number of benzene rings is 1. The molecular weight excluding hydrogens is 260 g/mol. The van der Waals surface area contributed by atoms with Crippen molar-refractivity contribution in [1.82, 2.24) is 10.6 Å². The normalized spacial score (nSPS) is 18.9. The van der Waals surface area contributed by atoms with Gasteiger partial charge in [0.05, 0.1) is 0 Å². The Morgan fingerprint density at radius 3 is 2.76 bits per heavy atom. The lowest BCUT2D eigenvalue weighted by molar-refractivity contribution is 0.599. The minimum atomic E-state index is 0.655. The molecular formula is C17H28N4. The van der Waals surface area contributed by atoms with Crippen molar-refractivity contribution in [3.05, 3.63) is 30.3 Å². The van der Waals surface area contributed by atoms with Gasteiger partial charge in [-0.15, -0.1) is 0 Å². The van der Waals surface area contributed by atoms with Crippen LogP contribution in [-0.2, 0) is 0 Å². The number of nitrogens with zero attached hydrogens (tertiary/aromatic N) is 2. The second-order valence-electron chi connectivity index (χ2n) is 5.58. The van der Waals surface area contributed by atoms with E-state index in [-0.39, 0.29) is 0 Å². The van der Waals surface area contributed by atoms with E-state index < -0.39 is 0 Å². The highest BCUT2D eigenvalue weighted by molar-refractivity contribution is 5.79. The first-order valence-electron chi connectivity index (χ1n) is 8.15. The molecule has 0 aromatic heterocycles. The van der Waals surface area contributed by atoms with Crippen LogP contribution in [0, 0.1) is 5.92 Å². The Kier molecular flexibility index (Phi) is 6.38. The lowest BCUT2D eigenvalue weighted by Crippen LogP contribution is -2.38. The van der Waals surface area contributed by atoms with Crippen LogP contribution in [0.4, 0.5) is 5.69 Å². The van der Waals surface area contributed by atoms with E-state index in [4.69, 9.17) is 4.99 Å². The number of hydrogen-bond donors (Lipinski definition) is 2. The molecule has 1 aliphatic heterocycles. The van der Waals surface area contributed by atoms with E-state index in [2.05, 4.69) is 59.7 Å². The van der Waals surface area contributed by atoms with E-state index in [1.54, 1.807) is 0 Å². The van der Waals surface area contributed by atoms with Crippen LogP contribution in [-0.4, -0.2) is 38.7 Å². The molecule has 0 bridgehead atoms. The van der Waals surface area contributed by atoms with Gasteiger partial charge in [-0.25, -0.2) is 0 Å². The van der Waals surface area contributed by atoms with Gasteiger partial charge in [0.1, 0.15) is 0 Å². The molecule has 0 amide bonds. The Labute approximate surface area is 128 Å². The highest BCUT2D eigenvalue weighted by Gasteiger charge is 2.22. The summed E-state index contributed by atoms with van der Waals surface area (Å²) in [5.74, 6) is 1.61. The highest BCUT2D eigenvalue weighted by atomic mass is 15.2. The molecule has 0 saturated carbocycles. The molecule has 2 rings (SSSR count). The van der Waals surface area contributed by atoms with Crippen molar-refractivity contribution >= 4 is 11.6 Å². The van der Waals surface area contributed by atoms with E-state index in [0.717, 1.165) is 45.1 Å². The zero-order valence-corrected chi connectivity index (χ0v) is 13.3. The molecule has 2 N–H and O–H groups in total. The van der Waals surface area contributed by atoms with Gasteiger partial charge in [0.25, 0.3) is 0 Å². The molecule has 116 valence electrons. The van der Waals surface area contributed by atoms with Crippen molar-refractivity contribution in [2.45, 2.75) is 26.7 Å². The number of rotatable bonds is 6. The standard InChI is InChI=1S/C17H28N4/c1-3-11-19-17(18-4-2)20-13-15-10-12-21(14-15)16-8-6-5-7-9-16/h5-9,15H,3-4,10-14H2,1-2H3,(H2,18,19,20). The third-order valence-corrected chi connectivity index (χ3v) is 3.80. The molecule has 1 saturated heterocycles. The fourth-order valence-electron chi connectivity index (χ4n) is 2.66. The minimum absolute atomic E-state index is 0.655. The maximum Gasteiger partial charge on any atom is 0.191 e. The number of anilines is 1. The Bertz CT molecular complexity index is 430. The summed E-state index contributed by atoms with van der Waals surface area (Å²) in [5.41, 5.74) is 1.33. The first-order chi connectivity index (χ1) is 10.3. The first-order valence-corrected chi connectivity index (χ1v) is 8.15. The molecule has 1 atom stereocenters. The zero-order valence-electron chi connectivity index (χ0n) is 13.3. The summed E-state index contributed by atoms with van der Waals surface area (Å²) in [4.78, 5) is 7.19. The highest BCUT2D eigenvalue weighted by Crippen LogP contribution is 2.23. The predicted molar refractivity (Wildman–Crippen MR) is 91.0 cm³/mol. The van der Waals surface area contributed by atoms with Crippen LogP contribution in [0.3, 0.4) is 0 Å². The van der Waals surface area contributed by atoms with Gasteiger partial charge in [0.15, 0.2) is 5.96 Å². The molecule has 0 spiro atoms. The van der Waals surface area contributed by atoms with Crippen LogP contribution in [0.5, 0.6) is 0 Å². The van der Waals surface area contributed by atoms with Gasteiger partial charge < -0.3 is 15.5 Å². The number of nitrogens with one attached hydrogen (secondary N) is 2. The average Bonchev–Trinajstić information content (AvgIpc) is 3.00. The maximum absolute atomic E-state index is 4.73. The molecule has 4 heteroatoms. The summed E-state index contributed by atoms with van der Waals surface area (Å²) in [6.07, 6.45) is 2.35. The summed E-state index contributed by atoms with van der Waals surface area (Å²) in [6.45, 7) is 9.33. The molecule has 4 nitrogen and oxygen atoms in total. The van der Waals surface area contributed by atoms with Crippen molar-refractivity contribution in [3.63, 3.8) is 0 Å². The van der Waals surface area contributed by atoms with E-state index in [0.29, 0.717) is 5.92 Å². The predicted octanol–water partition coefficient (Wildman–Crippen LogP) is 2.48. The van der Waals surface area contributed by atoms with E-state index in [9.17, 15) is 0 Å². The van der Waals surface area contributed by atoms with Crippen LogP contribution in [0.15, 0.2) is 35.3 Å². The molecule has 21 heavy (non-hydrogen) atoms. The third kappa shape index (κ3) is 4.96. The third-order valence-electron chi connectivity index (χ3n) is 3.80. The van der Waals surface area contributed by atoms with Crippen molar-refractivity contribution in [3.8, 4) is 0 Å². The van der Waals surface area contributed by atoms with Crippen LogP contribution in [0.2, 0.25) is 0 Å². The van der Waals surface area contributed by atoms with Gasteiger partial charge >= 0.3 is 0 Å².